The third-order valence-corrected chi connectivity index (χ3v) is 4.34. The van der Waals surface area contributed by atoms with E-state index in [1.807, 2.05) is 12.3 Å². The van der Waals surface area contributed by atoms with Crippen molar-refractivity contribution in [3.8, 4) is 0 Å². The highest BCUT2D eigenvalue weighted by Crippen LogP contribution is 2.28. The zero-order valence-corrected chi connectivity index (χ0v) is 12.8. The largest absolute Gasteiger partial charge is 0.316 e. The van der Waals surface area contributed by atoms with Crippen LogP contribution in [-0.4, -0.2) is 17.2 Å². The topological polar surface area (TPSA) is 34.0 Å². The van der Waals surface area contributed by atoms with Crippen molar-refractivity contribution in [2.75, 3.05) is 6.54 Å². The van der Waals surface area contributed by atoms with Crippen molar-refractivity contribution in [3.63, 3.8) is 0 Å². The molecular weight excluding hydrogens is 248 g/mol. The summed E-state index contributed by atoms with van der Waals surface area (Å²) in [4.78, 5) is 11.5. The second-order valence-electron chi connectivity index (χ2n) is 6.51. The molecule has 0 aromatic carbocycles. The summed E-state index contributed by atoms with van der Waals surface area (Å²) in [6.45, 7) is 6.64. The van der Waals surface area contributed by atoms with Gasteiger partial charge >= 0.3 is 0 Å². The van der Waals surface area contributed by atoms with Crippen LogP contribution in [0, 0.1) is 11.8 Å². The highest BCUT2D eigenvalue weighted by atomic mass is 16.1. The number of aromatic nitrogens is 1. The van der Waals surface area contributed by atoms with Crippen LogP contribution < -0.4 is 10.9 Å². The molecule has 1 fully saturated rings. The van der Waals surface area contributed by atoms with E-state index >= 15 is 0 Å². The zero-order valence-electron chi connectivity index (χ0n) is 12.8. The third kappa shape index (κ3) is 4.78. The van der Waals surface area contributed by atoms with E-state index in [0.29, 0.717) is 6.04 Å². The number of rotatable bonds is 6. The van der Waals surface area contributed by atoms with Crippen LogP contribution in [0.5, 0.6) is 0 Å². The SMILES string of the molecule is CC1CC(C)CC(NCCCCn2ccccc2=O)C1. The Hall–Kier alpha value is -1.09. The maximum absolute atomic E-state index is 11.5. The normalized spacial score (nSPS) is 26.6. The number of nitrogens with one attached hydrogen (secondary N) is 1. The van der Waals surface area contributed by atoms with E-state index in [1.165, 1.54) is 19.3 Å². The van der Waals surface area contributed by atoms with Crippen molar-refractivity contribution in [2.24, 2.45) is 11.8 Å². The molecule has 0 spiro atoms. The maximum Gasteiger partial charge on any atom is 0.250 e. The van der Waals surface area contributed by atoms with Crippen molar-refractivity contribution in [1.29, 1.82) is 0 Å². The van der Waals surface area contributed by atoms with Gasteiger partial charge < -0.3 is 9.88 Å². The quantitative estimate of drug-likeness (QED) is 0.810. The molecule has 1 saturated carbocycles. The van der Waals surface area contributed by atoms with Crippen LogP contribution in [0.15, 0.2) is 29.2 Å². The Morgan fingerprint density at radius 3 is 2.60 bits per heavy atom. The molecule has 1 aliphatic carbocycles. The minimum atomic E-state index is 0.107. The van der Waals surface area contributed by atoms with Crippen LogP contribution >= 0.6 is 0 Å². The summed E-state index contributed by atoms with van der Waals surface area (Å²) in [5.41, 5.74) is 0.107. The van der Waals surface area contributed by atoms with E-state index in [0.717, 1.165) is 37.8 Å². The summed E-state index contributed by atoms with van der Waals surface area (Å²) >= 11 is 0. The number of nitrogens with zero attached hydrogens (tertiary/aromatic N) is 1. The molecule has 0 amide bonds. The summed E-state index contributed by atoms with van der Waals surface area (Å²) in [5, 5.41) is 3.70. The van der Waals surface area contributed by atoms with E-state index in [1.54, 1.807) is 16.7 Å². The number of hydrogen-bond donors (Lipinski definition) is 1. The van der Waals surface area contributed by atoms with Crippen molar-refractivity contribution < 1.29 is 0 Å². The minimum Gasteiger partial charge on any atom is -0.316 e. The Bertz CT molecular complexity index is 444. The molecule has 0 bridgehead atoms. The molecule has 1 aromatic heterocycles. The van der Waals surface area contributed by atoms with Gasteiger partial charge in [0.05, 0.1) is 0 Å². The first-order chi connectivity index (χ1) is 9.65. The number of hydrogen-bond acceptors (Lipinski definition) is 2. The summed E-state index contributed by atoms with van der Waals surface area (Å²) in [5.74, 6) is 1.72. The summed E-state index contributed by atoms with van der Waals surface area (Å²) < 4.78 is 1.80. The second-order valence-corrected chi connectivity index (χ2v) is 6.51. The van der Waals surface area contributed by atoms with E-state index in [9.17, 15) is 4.79 Å². The highest BCUT2D eigenvalue weighted by molar-refractivity contribution is 4.93. The van der Waals surface area contributed by atoms with Gasteiger partial charge in [0.1, 0.15) is 0 Å². The van der Waals surface area contributed by atoms with Gasteiger partial charge in [-0.1, -0.05) is 19.9 Å². The summed E-state index contributed by atoms with van der Waals surface area (Å²) in [6.07, 6.45) is 8.11. The van der Waals surface area contributed by atoms with Crippen LogP contribution in [0.3, 0.4) is 0 Å². The molecule has 0 saturated heterocycles. The maximum atomic E-state index is 11.5. The Balaban J connectivity index is 1.62. The second kappa shape index (κ2) is 7.63. The van der Waals surface area contributed by atoms with Crippen LogP contribution in [0.4, 0.5) is 0 Å². The molecule has 1 aromatic rings. The van der Waals surface area contributed by atoms with Gasteiger partial charge in [0, 0.05) is 24.8 Å². The lowest BCUT2D eigenvalue weighted by Gasteiger charge is -2.32. The molecule has 20 heavy (non-hydrogen) atoms. The molecule has 2 unspecified atom stereocenters. The lowest BCUT2D eigenvalue weighted by Crippen LogP contribution is -2.36. The van der Waals surface area contributed by atoms with E-state index in [-0.39, 0.29) is 5.56 Å². The van der Waals surface area contributed by atoms with Crippen molar-refractivity contribution >= 4 is 0 Å². The van der Waals surface area contributed by atoms with E-state index in [2.05, 4.69) is 19.2 Å². The predicted octanol–water partition coefficient (Wildman–Crippen LogP) is 3.04. The molecule has 0 radical (unpaired) electrons. The van der Waals surface area contributed by atoms with Gasteiger partial charge in [-0.2, -0.15) is 0 Å². The number of pyridine rings is 1. The highest BCUT2D eigenvalue weighted by Gasteiger charge is 2.22. The molecule has 1 N–H and O–H groups in total. The fourth-order valence-electron chi connectivity index (χ4n) is 3.47. The van der Waals surface area contributed by atoms with Gasteiger partial charge in [-0.05, 0) is 56.6 Å². The first kappa shape index (κ1) is 15.3. The zero-order chi connectivity index (χ0) is 14.4. The fraction of sp³-hybridized carbons (Fsp3) is 0.706. The fourth-order valence-corrected chi connectivity index (χ4v) is 3.47. The standard InChI is InChI=1S/C17H28N2O/c1-14-11-15(2)13-16(12-14)18-8-4-6-10-19-9-5-3-7-17(19)20/h3,5,7,9,14-16,18H,4,6,8,10-13H2,1-2H3. The lowest BCUT2D eigenvalue weighted by molar-refractivity contribution is 0.238. The van der Waals surface area contributed by atoms with Gasteiger partial charge in [0.25, 0.3) is 0 Å². The Kier molecular flexibility index (Phi) is 5.84. The molecule has 3 nitrogen and oxygen atoms in total. The molecule has 112 valence electrons. The molecule has 0 aliphatic heterocycles. The van der Waals surface area contributed by atoms with Gasteiger partial charge in [0.15, 0.2) is 0 Å². The van der Waals surface area contributed by atoms with Gasteiger partial charge in [-0.15, -0.1) is 0 Å². The van der Waals surface area contributed by atoms with Crippen molar-refractivity contribution in [3.05, 3.63) is 34.7 Å². The van der Waals surface area contributed by atoms with Crippen LogP contribution in [-0.2, 0) is 6.54 Å². The van der Waals surface area contributed by atoms with Crippen molar-refractivity contribution in [1.82, 2.24) is 9.88 Å². The number of unbranched alkanes of at least 4 members (excludes halogenated alkanes) is 1. The molecule has 1 aliphatic rings. The Morgan fingerprint density at radius 1 is 1.15 bits per heavy atom. The van der Waals surface area contributed by atoms with E-state index < -0.39 is 0 Å². The number of aryl methyl sites for hydroxylation is 1. The summed E-state index contributed by atoms with van der Waals surface area (Å²) in [7, 11) is 0. The Morgan fingerprint density at radius 2 is 1.90 bits per heavy atom. The van der Waals surface area contributed by atoms with Gasteiger partial charge in [-0.25, -0.2) is 0 Å². The first-order valence-corrected chi connectivity index (χ1v) is 8.04. The monoisotopic (exact) mass is 276 g/mol. The Labute approximate surface area is 122 Å². The van der Waals surface area contributed by atoms with Crippen molar-refractivity contribution in [2.45, 2.75) is 58.5 Å². The van der Waals surface area contributed by atoms with E-state index in [4.69, 9.17) is 0 Å². The molecule has 1 heterocycles. The smallest absolute Gasteiger partial charge is 0.250 e. The summed E-state index contributed by atoms with van der Waals surface area (Å²) in [6, 6.07) is 6.05. The molecule has 2 rings (SSSR count). The van der Waals surface area contributed by atoms with Gasteiger partial charge in [0.2, 0.25) is 5.56 Å². The average Bonchev–Trinajstić information content (AvgIpc) is 2.39. The molecule has 2 atom stereocenters. The average molecular weight is 276 g/mol. The van der Waals surface area contributed by atoms with Crippen LogP contribution in [0.2, 0.25) is 0 Å². The molecular formula is C17H28N2O. The lowest BCUT2D eigenvalue weighted by atomic mass is 9.80. The third-order valence-electron chi connectivity index (χ3n) is 4.34. The van der Waals surface area contributed by atoms with Crippen LogP contribution in [0.25, 0.3) is 0 Å². The van der Waals surface area contributed by atoms with Gasteiger partial charge in [-0.3, -0.25) is 4.79 Å². The minimum absolute atomic E-state index is 0.107. The van der Waals surface area contributed by atoms with Crippen LogP contribution in [0.1, 0.15) is 46.0 Å². The molecule has 3 heteroatoms. The first-order valence-electron chi connectivity index (χ1n) is 8.04. The predicted molar refractivity (Wildman–Crippen MR) is 83.9 cm³/mol.